The van der Waals surface area contributed by atoms with Crippen LogP contribution in [0.3, 0.4) is 0 Å². The Morgan fingerprint density at radius 2 is 2.12 bits per heavy atom. The van der Waals surface area contributed by atoms with Gasteiger partial charge in [0.1, 0.15) is 16.9 Å². The Kier molecular flexibility index (Phi) is 3.45. The van der Waals surface area contributed by atoms with E-state index in [0.717, 1.165) is 17.8 Å². The summed E-state index contributed by atoms with van der Waals surface area (Å²) in [6.07, 6.45) is 2.83. The maximum Gasteiger partial charge on any atom is 0.233 e. The van der Waals surface area contributed by atoms with Crippen LogP contribution in [0.4, 0.5) is 8.87 Å². The van der Waals surface area contributed by atoms with Gasteiger partial charge < -0.3 is 4.98 Å². The molecule has 10 heteroatoms. The molecule has 0 bridgehead atoms. The second kappa shape index (κ2) is 5.64. The van der Waals surface area contributed by atoms with Crippen LogP contribution in [0.1, 0.15) is 5.82 Å². The molecule has 2 aromatic rings. The summed E-state index contributed by atoms with van der Waals surface area (Å²) in [7, 11) is 0. The quantitative estimate of drug-likeness (QED) is 0.452. The first-order valence-corrected chi connectivity index (χ1v) is 7.76. The van der Waals surface area contributed by atoms with Gasteiger partial charge in [-0.25, -0.2) is 19.9 Å². The number of hydrogen-bond acceptors (Lipinski definition) is 6. The summed E-state index contributed by atoms with van der Waals surface area (Å²) in [6.45, 7) is 0. The van der Waals surface area contributed by atoms with E-state index in [0.29, 0.717) is 16.2 Å². The number of benzene rings is 1. The Hall–Kier alpha value is -2.88. The van der Waals surface area contributed by atoms with Crippen molar-refractivity contribution >= 4 is 22.9 Å². The molecule has 2 aromatic heterocycles. The molecule has 0 radical (unpaired) electrons. The lowest BCUT2D eigenvalue weighted by Gasteiger charge is -2.11. The first kappa shape index (κ1) is 14.7. The number of imidazole rings is 1. The predicted octanol–water partition coefficient (Wildman–Crippen LogP) is 2.18. The lowest BCUT2D eigenvalue weighted by Crippen LogP contribution is -2.11. The smallest absolute Gasteiger partial charge is 0.233 e. The van der Waals surface area contributed by atoms with Gasteiger partial charge in [0.05, 0.1) is 23.3 Å². The Balaban J connectivity index is 1.72. The number of thioether (sulfide) groups is 1. The molecule has 0 saturated heterocycles. The third-order valence-electron chi connectivity index (χ3n) is 3.36. The normalized spacial score (nSPS) is 11.4. The summed E-state index contributed by atoms with van der Waals surface area (Å²) in [5.41, 5.74) is 0.823. The van der Waals surface area contributed by atoms with Crippen molar-refractivity contribution in [2.75, 3.05) is 0 Å². The van der Waals surface area contributed by atoms with Crippen LogP contribution in [0.2, 0.25) is 0 Å². The molecule has 0 aromatic carbocycles. The van der Waals surface area contributed by atoms with E-state index in [1.54, 1.807) is 0 Å². The number of fused-ring (bicyclic) bond motifs is 2. The first-order chi connectivity index (χ1) is 11.6. The van der Waals surface area contributed by atoms with E-state index in [4.69, 9.17) is 0 Å². The molecular weight excluding hydrogens is 338 g/mol. The van der Waals surface area contributed by atoms with E-state index in [9.17, 15) is 13.7 Å². The van der Waals surface area contributed by atoms with Gasteiger partial charge in [0.15, 0.2) is 16.9 Å². The Morgan fingerprint density at radius 1 is 1.25 bits per heavy atom. The van der Waals surface area contributed by atoms with Crippen molar-refractivity contribution < 1.29 is 8.87 Å². The number of nitrogens with one attached hydrogen (secondary N) is 1. The molecule has 2 aliphatic rings. The molecule has 7 nitrogen and oxygen atoms in total. The highest BCUT2D eigenvalue weighted by molar-refractivity contribution is 7.98. The molecule has 0 atom stereocenters. The predicted molar refractivity (Wildman–Crippen MR) is 82.8 cm³/mol. The van der Waals surface area contributed by atoms with Crippen LogP contribution in [0.25, 0.3) is 22.4 Å². The second-order valence-corrected chi connectivity index (χ2v) is 5.81. The summed E-state index contributed by atoms with van der Waals surface area (Å²) < 4.78 is 28.2. The molecule has 0 amide bonds. The molecule has 0 unspecified atom stereocenters. The summed E-state index contributed by atoms with van der Waals surface area (Å²) in [4.78, 5) is 30.3. The fourth-order valence-corrected chi connectivity index (χ4v) is 3.10. The Labute approximate surface area is 137 Å². The number of halogens is 2. The minimum Gasteiger partial charge on any atom is -0.329 e. The minimum absolute atomic E-state index is 0.00538. The first-order valence-electron chi connectivity index (χ1n) is 6.78. The molecule has 4 rings (SSSR count). The van der Waals surface area contributed by atoms with Crippen LogP contribution >= 0.6 is 11.8 Å². The van der Waals surface area contributed by atoms with Crippen molar-refractivity contribution in [3.05, 3.63) is 52.8 Å². The zero-order valence-corrected chi connectivity index (χ0v) is 12.7. The van der Waals surface area contributed by atoms with Gasteiger partial charge in [-0.3, -0.25) is 4.79 Å². The van der Waals surface area contributed by atoms with Crippen LogP contribution in [0, 0.1) is 5.95 Å². The van der Waals surface area contributed by atoms with Crippen LogP contribution < -0.4 is 5.43 Å². The molecule has 1 N–H and O–H groups in total. The van der Waals surface area contributed by atoms with E-state index >= 15 is 0 Å². The SMILES string of the molecule is O=c1ccc2c(F)n(F)c(CSc3ncnc4[nH]cnc34)nc-2c1. The fourth-order valence-electron chi connectivity index (χ4n) is 2.25. The Morgan fingerprint density at radius 3 is 3.00 bits per heavy atom. The highest BCUT2D eigenvalue weighted by atomic mass is 32.2. The molecule has 0 saturated carbocycles. The highest BCUT2D eigenvalue weighted by Gasteiger charge is 2.19. The van der Waals surface area contributed by atoms with Gasteiger partial charge in [-0.2, -0.15) is 4.39 Å². The third kappa shape index (κ3) is 2.40. The molecule has 0 fully saturated rings. The maximum atomic E-state index is 14.1. The summed E-state index contributed by atoms with van der Waals surface area (Å²) in [5, 5.41) is 0.515. The summed E-state index contributed by atoms with van der Waals surface area (Å²) >= 11 is 1.14. The molecule has 0 spiro atoms. The van der Waals surface area contributed by atoms with Crippen LogP contribution in [-0.4, -0.2) is 29.7 Å². The summed E-state index contributed by atoms with van der Waals surface area (Å²) in [5.74, 6) is -1.26. The molecule has 1 aliphatic carbocycles. The van der Waals surface area contributed by atoms with Gasteiger partial charge in [-0.05, 0) is 12.1 Å². The fraction of sp³-hybridized carbons (Fsp3) is 0.0714. The zero-order valence-electron chi connectivity index (χ0n) is 11.9. The zero-order chi connectivity index (χ0) is 16.7. The average Bonchev–Trinajstić information content (AvgIpc) is 3.06. The van der Waals surface area contributed by atoms with Crippen LogP contribution in [-0.2, 0) is 5.75 Å². The number of aromatic nitrogens is 6. The summed E-state index contributed by atoms with van der Waals surface area (Å²) in [6, 6.07) is 3.55. The van der Waals surface area contributed by atoms with Crippen molar-refractivity contribution in [3.63, 3.8) is 0 Å². The third-order valence-corrected chi connectivity index (χ3v) is 4.34. The van der Waals surface area contributed by atoms with Crippen LogP contribution in [0.15, 0.2) is 40.7 Å². The number of hydrogen-bond donors (Lipinski definition) is 1. The van der Waals surface area contributed by atoms with E-state index < -0.39 is 5.95 Å². The van der Waals surface area contributed by atoms with E-state index in [1.165, 1.54) is 24.8 Å². The monoisotopic (exact) mass is 346 g/mol. The Bertz CT molecular complexity index is 1080. The molecular formula is C14H8F2N6OS. The molecule has 3 heterocycles. The number of rotatable bonds is 3. The van der Waals surface area contributed by atoms with Crippen molar-refractivity contribution in [1.29, 1.82) is 0 Å². The molecule has 120 valence electrons. The van der Waals surface area contributed by atoms with Gasteiger partial charge in [0.25, 0.3) is 0 Å². The van der Waals surface area contributed by atoms with Gasteiger partial charge >= 0.3 is 0 Å². The number of H-pyrrole nitrogens is 1. The van der Waals surface area contributed by atoms with E-state index in [1.807, 2.05) is 0 Å². The topological polar surface area (TPSA) is 89.4 Å². The lowest BCUT2D eigenvalue weighted by atomic mass is 10.1. The number of aromatic amines is 1. The van der Waals surface area contributed by atoms with Gasteiger partial charge in [0.2, 0.25) is 5.95 Å². The standard InChI is InChI=1S/C14H8F2N6OS/c15-12-8-2-1-7(23)3-9(8)21-10(22(12)16)4-24-14-11-13(18-5-17-11)19-6-20-14/h1-3,5-6H,4H2,(H,17,18,19,20). The highest BCUT2D eigenvalue weighted by Crippen LogP contribution is 2.28. The minimum atomic E-state index is -1.09. The van der Waals surface area contributed by atoms with Gasteiger partial charge in [0, 0.05) is 6.07 Å². The second-order valence-electron chi connectivity index (χ2n) is 4.85. The maximum absolute atomic E-state index is 14.1. The van der Waals surface area contributed by atoms with Crippen molar-refractivity contribution in [1.82, 2.24) is 29.7 Å². The van der Waals surface area contributed by atoms with Crippen molar-refractivity contribution in [2.24, 2.45) is 0 Å². The van der Waals surface area contributed by atoms with E-state index in [2.05, 4.69) is 24.9 Å². The molecule has 24 heavy (non-hydrogen) atoms. The van der Waals surface area contributed by atoms with E-state index in [-0.39, 0.29) is 33.1 Å². The van der Waals surface area contributed by atoms with Crippen molar-refractivity contribution in [2.45, 2.75) is 10.8 Å². The average molecular weight is 346 g/mol. The molecule has 1 aliphatic heterocycles. The van der Waals surface area contributed by atoms with Gasteiger partial charge in [-0.1, -0.05) is 16.2 Å². The van der Waals surface area contributed by atoms with Gasteiger partial charge in [-0.15, -0.1) is 4.79 Å². The lowest BCUT2D eigenvalue weighted by molar-refractivity contribution is 0.278. The van der Waals surface area contributed by atoms with Crippen molar-refractivity contribution in [3.8, 4) is 11.3 Å². The number of nitrogens with zero attached hydrogens (tertiary/aromatic N) is 5. The van der Waals surface area contributed by atoms with Crippen LogP contribution in [0.5, 0.6) is 0 Å². The largest absolute Gasteiger partial charge is 0.329 e.